The van der Waals surface area contributed by atoms with Gasteiger partial charge in [-0.1, -0.05) is 24.6 Å². The highest BCUT2D eigenvalue weighted by atomic mass is 16.2. The molecule has 0 radical (unpaired) electrons. The predicted octanol–water partition coefficient (Wildman–Crippen LogP) is 4.29. The van der Waals surface area contributed by atoms with Crippen LogP contribution in [0, 0.1) is 6.92 Å². The molecule has 1 aromatic heterocycles. The summed E-state index contributed by atoms with van der Waals surface area (Å²) in [5.41, 5.74) is 4.29. The monoisotopic (exact) mass is 345 g/mol. The fourth-order valence-electron chi connectivity index (χ4n) is 3.57. The number of carbonyl (C=O) groups is 1. The van der Waals surface area contributed by atoms with E-state index in [1.807, 2.05) is 24.5 Å². The van der Waals surface area contributed by atoms with Crippen LogP contribution in [0.25, 0.3) is 21.9 Å². The number of aryl methyl sites for hydroxylation is 1. The number of nitrogens with one attached hydrogen (secondary N) is 2. The molecule has 4 rings (SSSR count). The summed E-state index contributed by atoms with van der Waals surface area (Å²) >= 11 is 0. The molecule has 1 atom stereocenters. The van der Waals surface area contributed by atoms with Crippen molar-refractivity contribution in [3.63, 3.8) is 0 Å². The first-order chi connectivity index (χ1) is 12.7. The third-order valence-corrected chi connectivity index (χ3v) is 5.08. The number of anilines is 1. The third-order valence-electron chi connectivity index (χ3n) is 5.08. The van der Waals surface area contributed by atoms with E-state index >= 15 is 0 Å². The minimum atomic E-state index is -0.0831. The molecular weight excluding hydrogens is 322 g/mol. The Morgan fingerprint density at radius 3 is 2.88 bits per heavy atom. The van der Waals surface area contributed by atoms with Gasteiger partial charge in [0.15, 0.2) is 0 Å². The summed E-state index contributed by atoms with van der Waals surface area (Å²) in [4.78, 5) is 16.7. The van der Waals surface area contributed by atoms with Gasteiger partial charge in [-0.15, -0.1) is 0 Å². The Kier molecular flexibility index (Phi) is 4.67. The second kappa shape index (κ2) is 7.26. The van der Waals surface area contributed by atoms with Crippen LogP contribution < -0.4 is 10.6 Å². The molecule has 0 aliphatic carbocycles. The van der Waals surface area contributed by atoms with Gasteiger partial charge in [0.1, 0.15) is 0 Å². The van der Waals surface area contributed by atoms with Crippen LogP contribution in [0.2, 0.25) is 0 Å². The molecule has 2 N–H and O–H groups in total. The molecule has 132 valence electrons. The van der Waals surface area contributed by atoms with Crippen LogP contribution in [0.3, 0.4) is 0 Å². The predicted molar refractivity (Wildman–Crippen MR) is 106 cm³/mol. The summed E-state index contributed by atoms with van der Waals surface area (Å²) in [6.45, 7) is 3.01. The van der Waals surface area contributed by atoms with Crippen LogP contribution in [0.1, 0.15) is 24.8 Å². The number of fused-ring (bicyclic) bond motifs is 1. The van der Waals surface area contributed by atoms with Crippen LogP contribution in [0.15, 0.2) is 54.9 Å². The number of benzene rings is 2. The first-order valence-electron chi connectivity index (χ1n) is 9.20. The zero-order chi connectivity index (χ0) is 17.9. The normalized spacial score (nSPS) is 17.2. The number of hydrogen-bond donors (Lipinski definition) is 2. The van der Waals surface area contributed by atoms with E-state index in [4.69, 9.17) is 0 Å². The minimum Gasteiger partial charge on any atom is -0.325 e. The molecule has 4 nitrogen and oxygen atoms in total. The zero-order valence-corrected chi connectivity index (χ0v) is 15.0. The van der Waals surface area contributed by atoms with Crippen LogP contribution in [0.5, 0.6) is 0 Å². The van der Waals surface area contributed by atoms with Gasteiger partial charge in [-0.3, -0.25) is 9.78 Å². The summed E-state index contributed by atoms with van der Waals surface area (Å²) in [5, 5.41) is 8.66. The average molecular weight is 345 g/mol. The Morgan fingerprint density at radius 1 is 1.12 bits per heavy atom. The van der Waals surface area contributed by atoms with E-state index in [2.05, 4.69) is 52.9 Å². The van der Waals surface area contributed by atoms with Crippen molar-refractivity contribution in [3.8, 4) is 11.1 Å². The quantitative estimate of drug-likeness (QED) is 0.744. The number of carbonyl (C=O) groups excluding carboxylic acids is 1. The molecule has 3 aromatic rings. The van der Waals surface area contributed by atoms with Gasteiger partial charge in [0.2, 0.25) is 5.91 Å². The van der Waals surface area contributed by atoms with E-state index < -0.39 is 0 Å². The molecule has 0 bridgehead atoms. The van der Waals surface area contributed by atoms with Gasteiger partial charge >= 0.3 is 0 Å². The van der Waals surface area contributed by atoms with Gasteiger partial charge in [-0.2, -0.15) is 0 Å². The molecule has 4 heteroatoms. The van der Waals surface area contributed by atoms with Gasteiger partial charge < -0.3 is 10.6 Å². The van der Waals surface area contributed by atoms with Crippen LogP contribution >= 0.6 is 0 Å². The highest BCUT2D eigenvalue weighted by molar-refractivity contribution is 5.96. The molecule has 2 aromatic carbocycles. The van der Waals surface area contributed by atoms with Crippen LogP contribution in [-0.4, -0.2) is 23.5 Å². The number of pyridine rings is 1. The molecular formula is C22H23N3O. The van der Waals surface area contributed by atoms with Gasteiger partial charge in [-0.25, -0.2) is 0 Å². The van der Waals surface area contributed by atoms with Crippen LogP contribution in [0.4, 0.5) is 5.69 Å². The molecule has 1 aliphatic heterocycles. The van der Waals surface area contributed by atoms with E-state index in [1.54, 1.807) is 0 Å². The summed E-state index contributed by atoms with van der Waals surface area (Å²) in [5.74, 6) is 0.0576. The van der Waals surface area contributed by atoms with Gasteiger partial charge in [-0.05, 0) is 72.7 Å². The Hall–Kier alpha value is -2.72. The molecule has 0 saturated carbocycles. The van der Waals surface area contributed by atoms with Gasteiger partial charge in [0.25, 0.3) is 0 Å². The lowest BCUT2D eigenvalue weighted by atomic mass is 9.97. The number of aromatic nitrogens is 1. The lowest BCUT2D eigenvalue weighted by molar-refractivity contribution is -0.118. The number of rotatable bonds is 3. The largest absolute Gasteiger partial charge is 0.325 e. The minimum absolute atomic E-state index is 0.0576. The maximum atomic E-state index is 12.5. The van der Waals surface area contributed by atoms with Crippen molar-refractivity contribution in [1.29, 1.82) is 0 Å². The Balaban J connectivity index is 1.61. The van der Waals surface area contributed by atoms with Crippen molar-refractivity contribution in [2.24, 2.45) is 0 Å². The fraction of sp³-hybridized carbons (Fsp3) is 0.273. The highest BCUT2D eigenvalue weighted by Crippen LogP contribution is 2.29. The summed E-state index contributed by atoms with van der Waals surface area (Å²) in [7, 11) is 0. The number of nitrogens with zero attached hydrogens (tertiary/aromatic N) is 1. The molecule has 2 heterocycles. The summed E-state index contributed by atoms with van der Waals surface area (Å²) < 4.78 is 0. The molecule has 1 fully saturated rings. The molecule has 1 unspecified atom stereocenters. The topological polar surface area (TPSA) is 54.0 Å². The average Bonchev–Trinajstić information content (AvgIpc) is 2.69. The lowest BCUT2D eigenvalue weighted by Gasteiger charge is -2.22. The molecule has 1 amide bonds. The Morgan fingerprint density at radius 2 is 2.04 bits per heavy atom. The Labute approximate surface area is 153 Å². The second-order valence-electron chi connectivity index (χ2n) is 6.96. The van der Waals surface area contributed by atoms with Crippen molar-refractivity contribution in [3.05, 3.63) is 60.4 Å². The van der Waals surface area contributed by atoms with Crippen molar-refractivity contribution in [2.75, 3.05) is 11.9 Å². The summed E-state index contributed by atoms with van der Waals surface area (Å²) in [6.07, 6.45) is 6.85. The smallest absolute Gasteiger partial charge is 0.241 e. The van der Waals surface area contributed by atoms with Crippen molar-refractivity contribution in [1.82, 2.24) is 10.3 Å². The standard InChI is InChI=1S/C22H23N3O/c1-15-5-8-19(25-22(26)21-4-2-3-10-24-21)13-20(15)17-7-6-16-9-11-23-14-18(16)12-17/h5-9,11-14,21,24H,2-4,10H2,1H3,(H,25,26). The van der Waals surface area contributed by atoms with Crippen LogP contribution in [-0.2, 0) is 4.79 Å². The number of amides is 1. The zero-order valence-electron chi connectivity index (χ0n) is 15.0. The highest BCUT2D eigenvalue weighted by Gasteiger charge is 2.20. The van der Waals surface area contributed by atoms with Crippen molar-refractivity contribution in [2.45, 2.75) is 32.2 Å². The molecule has 1 saturated heterocycles. The second-order valence-corrected chi connectivity index (χ2v) is 6.96. The van der Waals surface area contributed by atoms with Gasteiger partial charge in [0.05, 0.1) is 6.04 Å². The fourth-order valence-corrected chi connectivity index (χ4v) is 3.57. The molecule has 1 aliphatic rings. The third kappa shape index (κ3) is 3.46. The number of piperidine rings is 1. The van der Waals surface area contributed by atoms with E-state index in [0.29, 0.717) is 0 Å². The Bertz CT molecular complexity index is 945. The SMILES string of the molecule is Cc1ccc(NC(=O)C2CCCCN2)cc1-c1ccc2ccncc2c1. The molecule has 26 heavy (non-hydrogen) atoms. The lowest BCUT2D eigenvalue weighted by Crippen LogP contribution is -2.43. The van der Waals surface area contributed by atoms with Gasteiger partial charge in [0, 0.05) is 23.5 Å². The maximum Gasteiger partial charge on any atom is 0.241 e. The van der Waals surface area contributed by atoms with E-state index in [9.17, 15) is 4.79 Å². The summed E-state index contributed by atoms with van der Waals surface area (Å²) in [6, 6.07) is 14.4. The first kappa shape index (κ1) is 16.7. The van der Waals surface area contributed by atoms with Crippen molar-refractivity contribution < 1.29 is 4.79 Å². The van der Waals surface area contributed by atoms with E-state index in [0.717, 1.165) is 48.0 Å². The maximum absolute atomic E-state index is 12.5. The molecule has 0 spiro atoms. The first-order valence-corrected chi connectivity index (χ1v) is 9.20. The van der Waals surface area contributed by atoms with E-state index in [1.165, 1.54) is 10.9 Å². The van der Waals surface area contributed by atoms with E-state index in [-0.39, 0.29) is 11.9 Å². The van der Waals surface area contributed by atoms with Crippen molar-refractivity contribution >= 4 is 22.4 Å². The number of hydrogen-bond acceptors (Lipinski definition) is 3.